The topological polar surface area (TPSA) is 38.5 Å². The maximum atomic E-state index is 11.7. The van der Waals surface area contributed by atoms with Crippen LogP contribution in [0.2, 0.25) is 0 Å². The number of ether oxygens (including phenoxy) is 2. The summed E-state index contributed by atoms with van der Waals surface area (Å²) in [5, 5.41) is 0. The first-order chi connectivity index (χ1) is 8.76. The van der Waals surface area contributed by atoms with E-state index in [0.717, 1.165) is 18.6 Å². The summed E-state index contributed by atoms with van der Waals surface area (Å²) < 4.78 is 10.5. The second-order valence-corrected chi connectivity index (χ2v) is 4.75. The molecule has 96 valence electrons. The van der Waals surface area contributed by atoms with Crippen LogP contribution in [0.1, 0.15) is 18.1 Å². The second-order valence-electron chi connectivity index (χ2n) is 4.75. The molecule has 0 radical (unpaired) electrons. The first-order valence-corrected chi connectivity index (χ1v) is 6.36. The van der Waals surface area contributed by atoms with Crippen LogP contribution >= 0.6 is 0 Å². The van der Waals surface area contributed by atoms with Crippen LogP contribution in [0.15, 0.2) is 18.2 Å². The molecular weight excluding hydrogens is 230 g/mol. The Morgan fingerprint density at radius 1 is 1.39 bits per heavy atom. The van der Waals surface area contributed by atoms with E-state index in [1.807, 2.05) is 24.0 Å². The molecule has 1 amide bonds. The van der Waals surface area contributed by atoms with Crippen molar-refractivity contribution in [1.82, 2.24) is 4.90 Å². The van der Waals surface area contributed by atoms with Crippen molar-refractivity contribution in [1.29, 1.82) is 0 Å². The van der Waals surface area contributed by atoms with Gasteiger partial charge in [0.15, 0.2) is 0 Å². The summed E-state index contributed by atoms with van der Waals surface area (Å²) in [5.41, 5.74) is 2.54. The molecule has 1 aromatic rings. The molecule has 1 heterocycles. The summed E-state index contributed by atoms with van der Waals surface area (Å²) in [4.78, 5) is 13.6. The van der Waals surface area contributed by atoms with Gasteiger partial charge in [-0.15, -0.1) is 0 Å². The van der Waals surface area contributed by atoms with Crippen LogP contribution in [0.25, 0.3) is 0 Å². The summed E-state index contributed by atoms with van der Waals surface area (Å²) in [6.07, 6.45) is 1.61. The SMILES string of the molecule is CCOC(=O)N1[C@@H]2Cc3c(cccc3OC)C[C@@H]21. The molecule has 2 atom stereocenters. The van der Waals surface area contributed by atoms with Crippen LogP contribution in [0.5, 0.6) is 5.75 Å². The minimum atomic E-state index is -0.181. The fraction of sp³-hybridized carbons (Fsp3) is 0.500. The van der Waals surface area contributed by atoms with Crippen molar-refractivity contribution in [3.63, 3.8) is 0 Å². The molecule has 4 nitrogen and oxygen atoms in total. The summed E-state index contributed by atoms with van der Waals surface area (Å²) in [7, 11) is 1.69. The molecule has 1 aliphatic heterocycles. The summed E-state index contributed by atoms with van der Waals surface area (Å²) in [6, 6.07) is 6.73. The van der Waals surface area contributed by atoms with Gasteiger partial charge in [-0.05, 0) is 37.0 Å². The molecule has 0 N–H and O–H groups in total. The van der Waals surface area contributed by atoms with E-state index in [-0.39, 0.29) is 6.09 Å². The number of benzene rings is 1. The van der Waals surface area contributed by atoms with Gasteiger partial charge < -0.3 is 9.47 Å². The number of rotatable bonds is 2. The fourth-order valence-corrected chi connectivity index (χ4v) is 2.93. The van der Waals surface area contributed by atoms with E-state index in [0.29, 0.717) is 18.7 Å². The predicted octanol–water partition coefficient (Wildman–Crippen LogP) is 2.00. The number of hydrogen-bond donors (Lipinski definition) is 0. The van der Waals surface area contributed by atoms with Crippen LogP contribution in [-0.2, 0) is 17.6 Å². The summed E-state index contributed by atoms with van der Waals surface area (Å²) >= 11 is 0. The molecule has 1 fully saturated rings. The van der Waals surface area contributed by atoms with Crippen molar-refractivity contribution in [2.45, 2.75) is 31.8 Å². The van der Waals surface area contributed by atoms with E-state index in [4.69, 9.17) is 9.47 Å². The lowest BCUT2D eigenvalue weighted by atomic mass is 9.91. The lowest BCUT2D eigenvalue weighted by Crippen LogP contribution is -2.16. The van der Waals surface area contributed by atoms with Gasteiger partial charge in [-0.2, -0.15) is 0 Å². The molecular formula is C14H17NO3. The molecule has 0 aromatic heterocycles. The highest BCUT2D eigenvalue weighted by Gasteiger charge is 2.54. The molecule has 3 rings (SSSR count). The highest BCUT2D eigenvalue weighted by atomic mass is 16.6. The predicted molar refractivity (Wildman–Crippen MR) is 66.8 cm³/mol. The number of hydrogen-bond acceptors (Lipinski definition) is 3. The van der Waals surface area contributed by atoms with E-state index in [1.54, 1.807) is 7.11 Å². The van der Waals surface area contributed by atoms with Gasteiger partial charge in [0.1, 0.15) is 5.75 Å². The van der Waals surface area contributed by atoms with Crippen molar-refractivity contribution in [3.05, 3.63) is 29.3 Å². The van der Waals surface area contributed by atoms with Gasteiger partial charge >= 0.3 is 6.09 Å². The molecule has 0 spiro atoms. The zero-order valence-electron chi connectivity index (χ0n) is 10.7. The Morgan fingerprint density at radius 2 is 2.17 bits per heavy atom. The molecule has 1 aliphatic carbocycles. The number of methoxy groups -OCH3 is 1. The Kier molecular flexibility index (Phi) is 2.65. The lowest BCUT2D eigenvalue weighted by Gasteiger charge is -2.15. The molecule has 4 heteroatoms. The van der Waals surface area contributed by atoms with Crippen molar-refractivity contribution in [2.24, 2.45) is 0 Å². The molecule has 18 heavy (non-hydrogen) atoms. The zero-order valence-corrected chi connectivity index (χ0v) is 10.7. The van der Waals surface area contributed by atoms with E-state index < -0.39 is 0 Å². The Hall–Kier alpha value is -1.71. The Labute approximate surface area is 106 Å². The smallest absolute Gasteiger partial charge is 0.410 e. The van der Waals surface area contributed by atoms with Gasteiger partial charge in [-0.1, -0.05) is 12.1 Å². The van der Waals surface area contributed by atoms with Crippen molar-refractivity contribution in [3.8, 4) is 5.75 Å². The zero-order chi connectivity index (χ0) is 12.7. The van der Waals surface area contributed by atoms with Crippen LogP contribution in [0, 0.1) is 0 Å². The van der Waals surface area contributed by atoms with Gasteiger partial charge in [0.2, 0.25) is 0 Å². The van der Waals surface area contributed by atoms with Crippen molar-refractivity contribution < 1.29 is 14.3 Å². The normalized spacial score (nSPS) is 24.0. The number of carbonyl (C=O) groups is 1. The molecule has 1 saturated heterocycles. The number of amides is 1. The van der Waals surface area contributed by atoms with Gasteiger partial charge in [0.05, 0.1) is 25.8 Å². The minimum absolute atomic E-state index is 0.181. The van der Waals surface area contributed by atoms with E-state index in [9.17, 15) is 4.79 Å². The largest absolute Gasteiger partial charge is 0.496 e. The van der Waals surface area contributed by atoms with E-state index >= 15 is 0 Å². The van der Waals surface area contributed by atoms with Crippen molar-refractivity contribution >= 4 is 6.09 Å². The van der Waals surface area contributed by atoms with Gasteiger partial charge in [0, 0.05) is 0 Å². The third-order valence-electron chi connectivity index (χ3n) is 3.84. The van der Waals surface area contributed by atoms with Crippen LogP contribution in [-0.4, -0.2) is 36.8 Å². The Morgan fingerprint density at radius 3 is 2.89 bits per heavy atom. The Bertz CT molecular complexity index is 486. The highest BCUT2D eigenvalue weighted by Crippen LogP contribution is 2.42. The van der Waals surface area contributed by atoms with E-state index in [1.165, 1.54) is 11.1 Å². The quantitative estimate of drug-likeness (QED) is 0.750. The lowest BCUT2D eigenvalue weighted by molar-refractivity contribution is 0.132. The Balaban J connectivity index is 1.80. The molecule has 0 bridgehead atoms. The monoisotopic (exact) mass is 247 g/mol. The average molecular weight is 247 g/mol. The average Bonchev–Trinajstić information content (AvgIpc) is 3.08. The first-order valence-electron chi connectivity index (χ1n) is 6.36. The second kappa shape index (κ2) is 4.19. The van der Waals surface area contributed by atoms with E-state index in [2.05, 4.69) is 6.07 Å². The number of fused-ring (bicyclic) bond motifs is 2. The van der Waals surface area contributed by atoms with Crippen LogP contribution in [0.3, 0.4) is 0 Å². The van der Waals surface area contributed by atoms with Gasteiger partial charge in [-0.25, -0.2) is 4.79 Å². The fourth-order valence-electron chi connectivity index (χ4n) is 2.93. The first kappa shape index (κ1) is 11.4. The maximum absolute atomic E-state index is 11.7. The standard InChI is InChI=1S/C14H17NO3/c1-3-18-14(16)15-11-7-9-5-4-6-13(17-2)10(9)8-12(11)15/h4-6,11-12H,3,7-8H2,1-2H3/t11-,12+,15?/m0/s1. The van der Waals surface area contributed by atoms with Crippen LogP contribution in [0.4, 0.5) is 4.79 Å². The molecule has 1 aromatic carbocycles. The van der Waals surface area contributed by atoms with Gasteiger partial charge in [0.25, 0.3) is 0 Å². The van der Waals surface area contributed by atoms with Crippen LogP contribution < -0.4 is 4.74 Å². The van der Waals surface area contributed by atoms with Crippen molar-refractivity contribution in [2.75, 3.05) is 13.7 Å². The molecule has 0 unspecified atom stereocenters. The third kappa shape index (κ3) is 1.64. The third-order valence-corrected chi connectivity index (χ3v) is 3.84. The van der Waals surface area contributed by atoms with Gasteiger partial charge in [-0.3, -0.25) is 4.90 Å². The highest BCUT2D eigenvalue weighted by molar-refractivity contribution is 5.73. The molecule has 2 aliphatic rings. The number of carbonyl (C=O) groups excluding carboxylic acids is 1. The summed E-state index contributed by atoms with van der Waals surface area (Å²) in [6.45, 7) is 2.27. The maximum Gasteiger partial charge on any atom is 0.410 e. The minimum Gasteiger partial charge on any atom is -0.496 e. The molecule has 0 saturated carbocycles. The summed E-state index contributed by atoms with van der Waals surface area (Å²) in [5.74, 6) is 0.932. The number of nitrogens with zero attached hydrogens (tertiary/aromatic N) is 1.